The first-order valence-corrected chi connectivity index (χ1v) is 8.81. The van der Waals surface area contributed by atoms with Gasteiger partial charge in [-0.2, -0.15) is 0 Å². The number of hydrogen-bond donors (Lipinski definition) is 1. The average Bonchev–Trinajstić information content (AvgIpc) is 2.91. The maximum atomic E-state index is 12.4. The van der Waals surface area contributed by atoms with E-state index in [4.69, 9.17) is 10.2 Å². The lowest BCUT2D eigenvalue weighted by atomic mass is 10.1. The molecule has 2 aromatic rings. The van der Waals surface area contributed by atoms with Crippen molar-refractivity contribution >= 4 is 9.84 Å². The third-order valence-corrected chi connectivity index (χ3v) is 4.73. The third-order valence-electron chi connectivity index (χ3n) is 3.34. The average molecular weight is 323 g/mol. The fourth-order valence-electron chi connectivity index (χ4n) is 2.14. The van der Waals surface area contributed by atoms with Crippen LogP contribution in [0.3, 0.4) is 0 Å². The monoisotopic (exact) mass is 323 g/mol. The number of sulfone groups is 1. The SMILES string of the molecule is Cc1ccccc1CS(=O)(=O)c1nnc(C(N)CC(C)C)o1. The van der Waals surface area contributed by atoms with Crippen molar-refractivity contribution in [3.05, 3.63) is 41.3 Å². The number of aryl methyl sites for hydroxylation is 1. The Labute approximate surface area is 130 Å². The molecule has 7 heteroatoms. The Morgan fingerprint density at radius 1 is 1.23 bits per heavy atom. The normalized spacial score (nSPS) is 13.5. The van der Waals surface area contributed by atoms with Crippen molar-refractivity contribution in [2.45, 2.75) is 44.2 Å². The van der Waals surface area contributed by atoms with E-state index in [0.29, 0.717) is 17.9 Å². The van der Waals surface area contributed by atoms with Gasteiger partial charge in [0.05, 0.1) is 11.8 Å². The summed E-state index contributed by atoms with van der Waals surface area (Å²) in [5.41, 5.74) is 7.56. The lowest BCUT2D eigenvalue weighted by Gasteiger charge is -2.09. The van der Waals surface area contributed by atoms with Crippen molar-refractivity contribution in [3.8, 4) is 0 Å². The number of benzene rings is 1. The van der Waals surface area contributed by atoms with Crippen LogP contribution in [0, 0.1) is 12.8 Å². The van der Waals surface area contributed by atoms with Crippen LogP contribution in [0.15, 0.2) is 33.9 Å². The Bertz CT molecular complexity index is 738. The van der Waals surface area contributed by atoms with Crippen molar-refractivity contribution in [1.29, 1.82) is 0 Å². The molecular weight excluding hydrogens is 302 g/mol. The predicted octanol–water partition coefficient (Wildman–Crippen LogP) is 2.40. The minimum atomic E-state index is -3.67. The number of nitrogens with zero attached hydrogens (tertiary/aromatic N) is 2. The zero-order chi connectivity index (χ0) is 16.3. The Morgan fingerprint density at radius 3 is 2.55 bits per heavy atom. The second kappa shape index (κ2) is 6.58. The molecule has 1 atom stereocenters. The maximum absolute atomic E-state index is 12.4. The summed E-state index contributed by atoms with van der Waals surface area (Å²) in [6, 6.07) is 6.85. The van der Waals surface area contributed by atoms with Gasteiger partial charge in [0, 0.05) is 0 Å². The van der Waals surface area contributed by atoms with E-state index in [1.165, 1.54) is 0 Å². The molecule has 0 bridgehead atoms. The summed E-state index contributed by atoms with van der Waals surface area (Å²) in [4.78, 5) is 0. The van der Waals surface area contributed by atoms with Crippen molar-refractivity contribution < 1.29 is 12.8 Å². The fourth-order valence-corrected chi connectivity index (χ4v) is 3.38. The molecule has 120 valence electrons. The van der Waals surface area contributed by atoms with E-state index in [9.17, 15) is 8.42 Å². The van der Waals surface area contributed by atoms with Crippen molar-refractivity contribution in [2.75, 3.05) is 0 Å². The van der Waals surface area contributed by atoms with Crippen LogP contribution in [0.2, 0.25) is 0 Å². The van der Waals surface area contributed by atoms with E-state index < -0.39 is 15.9 Å². The molecule has 0 aliphatic heterocycles. The summed E-state index contributed by atoms with van der Waals surface area (Å²) in [6.45, 7) is 5.90. The zero-order valence-electron chi connectivity index (χ0n) is 13.0. The quantitative estimate of drug-likeness (QED) is 0.876. The van der Waals surface area contributed by atoms with Gasteiger partial charge in [-0.1, -0.05) is 43.2 Å². The van der Waals surface area contributed by atoms with Crippen LogP contribution in [0.5, 0.6) is 0 Å². The van der Waals surface area contributed by atoms with Crippen LogP contribution < -0.4 is 5.73 Å². The van der Waals surface area contributed by atoms with Gasteiger partial charge in [-0.15, -0.1) is 5.10 Å². The van der Waals surface area contributed by atoms with Gasteiger partial charge < -0.3 is 10.2 Å². The molecule has 6 nitrogen and oxygen atoms in total. The molecule has 1 heterocycles. The van der Waals surface area contributed by atoms with Crippen LogP contribution in [-0.2, 0) is 15.6 Å². The molecule has 0 fully saturated rings. The topological polar surface area (TPSA) is 99.1 Å². The molecule has 0 saturated carbocycles. The predicted molar refractivity (Wildman–Crippen MR) is 82.8 cm³/mol. The molecule has 2 rings (SSSR count). The highest BCUT2D eigenvalue weighted by atomic mass is 32.2. The van der Waals surface area contributed by atoms with Gasteiger partial charge in [0.15, 0.2) is 0 Å². The van der Waals surface area contributed by atoms with Gasteiger partial charge in [0.25, 0.3) is 0 Å². The second-order valence-electron chi connectivity index (χ2n) is 5.83. The standard InChI is InChI=1S/C15H21N3O3S/c1-10(2)8-13(16)14-17-18-15(21-14)22(19,20)9-12-7-5-4-6-11(12)3/h4-7,10,13H,8-9,16H2,1-3H3. The van der Waals surface area contributed by atoms with Crippen LogP contribution in [0.25, 0.3) is 0 Å². The summed E-state index contributed by atoms with van der Waals surface area (Å²) >= 11 is 0. The molecule has 0 saturated heterocycles. The smallest absolute Gasteiger partial charge is 0.335 e. The Balaban J connectivity index is 2.20. The first kappa shape index (κ1) is 16.6. The van der Waals surface area contributed by atoms with Crippen LogP contribution in [0.1, 0.15) is 43.3 Å². The first-order valence-electron chi connectivity index (χ1n) is 7.16. The molecule has 0 spiro atoms. The van der Waals surface area contributed by atoms with E-state index >= 15 is 0 Å². The Kier molecular flexibility index (Phi) is 4.97. The van der Waals surface area contributed by atoms with Gasteiger partial charge in [-0.25, -0.2) is 8.42 Å². The first-order chi connectivity index (χ1) is 10.3. The summed E-state index contributed by atoms with van der Waals surface area (Å²) in [6.07, 6.45) is 0.652. The van der Waals surface area contributed by atoms with Crippen LogP contribution in [0.4, 0.5) is 0 Å². The molecule has 0 aliphatic carbocycles. The number of aromatic nitrogens is 2. The molecule has 1 aromatic carbocycles. The molecule has 1 unspecified atom stereocenters. The van der Waals surface area contributed by atoms with E-state index in [0.717, 1.165) is 5.56 Å². The van der Waals surface area contributed by atoms with E-state index in [2.05, 4.69) is 10.2 Å². The Morgan fingerprint density at radius 2 is 1.91 bits per heavy atom. The molecule has 0 aliphatic rings. The fraction of sp³-hybridized carbons (Fsp3) is 0.467. The van der Waals surface area contributed by atoms with Crippen LogP contribution in [-0.4, -0.2) is 18.6 Å². The number of rotatable bonds is 6. The number of nitrogens with two attached hydrogens (primary N) is 1. The summed E-state index contributed by atoms with van der Waals surface area (Å²) < 4.78 is 30.0. The summed E-state index contributed by atoms with van der Waals surface area (Å²) in [7, 11) is -3.67. The zero-order valence-corrected chi connectivity index (χ0v) is 13.8. The molecule has 0 amide bonds. The molecule has 22 heavy (non-hydrogen) atoms. The van der Waals surface area contributed by atoms with Gasteiger partial charge in [0.1, 0.15) is 0 Å². The highest BCUT2D eigenvalue weighted by molar-refractivity contribution is 7.90. The van der Waals surface area contributed by atoms with Gasteiger partial charge >= 0.3 is 5.22 Å². The highest BCUT2D eigenvalue weighted by Gasteiger charge is 2.25. The highest BCUT2D eigenvalue weighted by Crippen LogP contribution is 2.22. The van der Waals surface area contributed by atoms with E-state index in [1.54, 1.807) is 12.1 Å². The lowest BCUT2D eigenvalue weighted by Crippen LogP contribution is -2.13. The van der Waals surface area contributed by atoms with Gasteiger partial charge in [0.2, 0.25) is 15.7 Å². The maximum Gasteiger partial charge on any atom is 0.335 e. The molecule has 1 aromatic heterocycles. The van der Waals surface area contributed by atoms with Gasteiger partial charge in [-0.05, 0) is 30.4 Å². The van der Waals surface area contributed by atoms with E-state index in [-0.39, 0.29) is 16.9 Å². The van der Waals surface area contributed by atoms with Crippen molar-refractivity contribution in [1.82, 2.24) is 10.2 Å². The van der Waals surface area contributed by atoms with Crippen LogP contribution >= 0.6 is 0 Å². The lowest BCUT2D eigenvalue weighted by molar-refractivity contribution is 0.352. The summed E-state index contributed by atoms with van der Waals surface area (Å²) in [5, 5.41) is 7.07. The molecular formula is C15H21N3O3S. The third kappa shape index (κ3) is 3.92. The summed E-state index contributed by atoms with van der Waals surface area (Å²) in [5.74, 6) is 0.353. The largest absolute Gasteiger partial charge is 0.411 e. The molecule has 2 N–H and O–H groups in total. The van der Waals surface area contributed by atoms with E-state index in [1.807, 2.05) is 32.9 Å². The van der Waals surface area contributed by atoms with Crippen molar-refractivity contribution in [3.63, 3.8) is 0 Å². The second-order valence-corrected chi connectivity index (χ2v) is 7.70. The minimum Gasteiger partial charge on any atom is -0.411 e. The molecule has 0 radical (unpaired) electrons. The van der Waals surface area contributed by atoms with Crippen molar-refractivity contribution in [2.24, 2.45) is 11.7 Å². The van der Waals surface area contributed by atoms with Gasteiger partial charge in [-0.3, -0.25) is 0 Å². The Hall–Kier alpha value is -1.73. The number of hydrogen-bond acceptors (Lipinski definition) is 6. The minimum absolute atomic E-state index is 0.164.